The van der Waals surface area contributed by atoms with Gasteiger partial charge in [0.05, 0.1) is 11.0 Å². The minimum absolute atomic E-state index is 0.0469. The van der Waals surface area contributed by atoms with Gasteiger partial charge in [-0.2, -0.15) is 0 Å². The molecule has 1 N–H and O–H groups in total. The van der Waals surface area contributed by atoms with Crippen molar-refractivity contribution in [2.45, 2.75) is 38.1 Å². The van der Waals surface area contributed by atoms with Crippen molar-refractivity contribution >= 4 is 40.5 Å². The van der Waals surface area contributed by atoms with Crippen molar-refractivity contribution < 1.29 is 14.5 Å². The predicted molar refractivity (Wildman–Crippen MR) is 111 cm³/mol. The summed E-state index contributed by atoms with van der Waals surface area (Å²) in [6, 6.07) is 4.40. The number of carbonyl (C=O) groups is 2. The minimum atomic E-state index is -1.36. The van der Waals surface area contributed by atoms with E-state index in [2.05, 4.69) is 16.8 Å². The fraction of sp³-hybridized carbons (Fsp3) is 0.450. The molecule has 2 fully saturated rings. The summed E-state index contributed by atoms with van der Waals surface area (Å²) in [5, 5.41) is 14.1. The number of non-ortho nitro benzene ring substituents is 1. The number of carbonyl (C=O) groups excluding carboxylic acids is 2. The van der Waals surface area contributed by atoms with Crippen molar-refractivity contribution in [3.63, 3.8) is 0 Å². The zero-order valence-corrected chi connectivity index (χ0v) is 16.7. The normalized spacial score (nSPS) is 26.5. The van der Waals surface area contributed by atoms with E-state index in [9.17, 15) is 19.7 Å². The molecule has 152 valence electrons. The number of fused-ring (bicyclic) bond motifs is 4. The highest BCUT2D eigenvalue weighted by Gasteiger charge is 2.61. The van der Waals surface area contributed by atoms with Gasteiger partial charge in [0.25, 0.3) is 5.69 Å². The molecule has 2 amide bonds. The lowest BCUT2D eigenvalue weighted by Gasteiger charge is -2.52. The van der Waals surface area contributed by atoms with Crippen molar-refractivity contribution in [1.29, 1.82) is 0 Å². The highest BCUT2D eigenvalue weighted by Crippen LogP contribution is 2.47. The number of benzene rings is 1. The lowest BCUT2D eigenvalue weighted by Crippen LogP contribution is -2.71. The number of nitrogens with one attached hydrogen (secondary N) is 1. The van der Waals surface area contributed by atoms with Crippen molar-refractivity contribution in [2.75, 3.05) is 18.0 Å². The molecular formula is C20H22N4O4S. The van der Waals surface area contributed by atoms with Gasteiger partial charge >= 0.3 is 0 Å². The van der Waals surface area contributed by atoms with Crippen molar-refractivity contribution in [3.8, 4) is 0 Å². The number of nitrogens with zero attached hydrogens (tertiary/aromatic N) is 3. The van der Waals surface area contributed by atoms with Crippen LogP contribution in [0.5, 0.6) is 0 Å². The lowest BCUT2D eigenvalue weighted by molar-refractivity contribution is -0.384. The number of hydrogen-bond acceptors (Lipinski definition) is 6. The second-order valence-corrected chi connectivity index (χ2v) is 8.13. The summed E-state index contributed by atoms with van der Waals surface area (Å²) in [5.74, 6) is -0.762. The van der Waals surface area contributed by atoms with Gasteiger partial charge in [-0.3, -0.25) is 24.6 Å². The van der Waals surface area contributed by atoms with Crippen LogP contribution in [0.2, 0.25) is 0 Å². The highest BCUT2D eigenvalue weighted by molar-refractivity contribution is 7.80. The third-order valence-corrected chi connectivity index (χ3v) is 6.51. The SMILES string of the molecule is C=CCN1C(=O)[C@]2(Cc3cc([N+](=O)[O-])ccc3N3CCCCC[C@H]32)C(=O)NC1=S. The van der Waals surface area contributed by atoms with Crippen LogP contribution in [0.1, 0.15) is 31.2 Å². The first-order valence-corrected chi connectivity index (χ1v) is 10.1. The van der Waals surface area contributed by atoms with E-state index in [1.54, 1.807) is 12.1 Å². The maximum Gasteiger partial charge on any atom is 0.269 e. The molecule has 0 aromatic heterocycles. The van der Waals surface area contributed by atoms with Gasteiger partial charge in [0.15, 0.2) is 10.5 Å². The standard InChI is InChI=1S/C20H22N4O4S/c1-2-9-23-18(26)20(17(25)21-19(23)29)12-13-11-14(24(27)28)7-8-15(13)22-10-5-3-4-6-16(20)22/h2,7-8,11,16H,1,3-6,9-10,12H2,(H,21,25,29)/t16-,20-/m0/s1. The van der Waals surface area contributed by atoms with Crippen LogP contribution in [-0.4, -0.2) is 45.9 Å². The monoisotopic (exact) mass is 414 g/mol. The van der Waals surface area contributed by atoms with Crippen LogP contribution in [0.25, 0.3) is 0 Å². The summed E-state index contributed by atoms with van der Waals surface area (Å²) in [4.78, 5) is 41.3. The first kappa shape index (κ1) is 19.5. The van der Waals surface area contributed by atoms with E-state index < -0.39 is 16.2 Å². The number of hydrogen-bond donors (Lipinski definition) is 1. The fourth-order valence-electron chi connectivity index (χ4n) is 4.89. The van der Waals surface area contributed by atoms with Crippen LogP contribution in [0, 0.1) is 15.5 Å². The first-order chi connectivity index (χ1) is 13.9. The van der Waals surface area contributed by atoms with E-state index >= 15 is 0 Å². The zero-order chi connectivity index (χ0) is 20.8. The Kier molecular flexibility index (Phi) is 4.85. The molecule has 2 saturated heterocycles. The van der Waals surface area contributed by atoms with Gasteiger partial charge in [-0.1, -0.05) is 18.9 Å². The number of nitro groups is 1. The van der Waals surface area contributed by atoms with Gasteiger partial charge in [-0.05, 0) is 36.7 Å². The number of nitro benzene ring substituents is 1. The van der Waals surface area contributed by atoms with Gasteiger partial charge in [-0.25, -0.2) is 0 Å². The molecule has 0 radical (unpaired) electrons. The molecule has 2 atom stereocenters. The van der Waals surface area contributed by atoms with Gasteiger partial charge in [0, 0.05) is 37.3 Å². The van der Waals surface area contributed by atoms with Crippen LogP contribution < -0.4 is 10.2 Å². The topological polar surface area (TPSA) is 95.8 Å². The predicted octanol–water partition coefficient (Wildman–Crippen LogP) is 2.32. The zero-order valence-electron chi connectivity index (χ0n) is 15.9. The fourth-order valence-corrected chi connectivity index (χ4v) is 5.14. The van der Waals surface area contributed by atoms with Crippen LogP contribution in [0.4, 0.5) is 11.4 Å². The Morgan fingerprint density at radius 3 is 2.86 bits per heavy atom. The Labute approximate surface area is 173 Å². The third kappa shape index (κ3) is 2.91. The Balaban J connectivity index is 1.89. The molecule has 1 aromatic rings. The smallest absolute Gasteiger partial charge is 0.269 e. The average Bonchev–Trinajstić information content (AvgIpc) is 2.95. The molecule has 1 aromatic carbocycles. The van der Waals surface area contributed by atoms with Crippen LogP contribution in [0.15, 0.2) is 30.9 Å². The highest BCUT2D eigenvalue weighted by atomic mass is 32.1. The quantitative estimate of drug-likeness (QED) is 0.268. The first-order valence-electron chi connectivity index (χ1n) is 9.72. The second kappa shape index (κ2) is 7.22. The van der Waals surface area contributed by atoms with Crippen LogP contribution in [0.3, 0.4) is 0 Å². The molecule has 9 heteroatoms. The number of amides is 2. The minimum Gasteiger partial charge on any atom is -0.367 e. The molecule has 4 rings (SSSR count). The molecule has 0 saturated carbocycles. The number of anilines is 1. The van der Waals surface area contributed by atoms with E-state index in [0.717, 1.165) is 24.9 Å². The molecule has 0 unspecified atom stereocenters. The summed E-state index contributed by atoms with van der Waals surface area (Å²) < 4.78 is 0. The van der Waals surface area contributed by atoms with Gasteiger partial charge in [0.2, 0.25) is 11.8 Å². The Hall–Kier alpha value is -2.81. The average molecular weight is 414 g/mol. The third-order valence-electron chi connectivity index (χ3n) is 6.18. The Morgan fingerprint density at radius 2 is 2.14 bits per heavy atom. The molecule has 1 spiro atoms. The molecular weight excluding hydrogens is 392 g/mol. The van der Waals surface area contributed by atoms with E-state index in [4.69, 9.17) is 12.2 Å². The van der Waals surface area contributed by atoms with E-state index in [1.165, 1.54) is 17.0 Å². The number of thiocarbonyl (C=S) groups is 1. The maximum absolute atomic E-state index is 13.7. The molecule has 3 aliphatic heterocycles. The lowest BCUT2D eigenvalue weighted by atomic mass is 9.67. The van der Waals surface area contributed by atoms with Crippen molar-refractivity contribution in [2.24, 2.45) is 5.41 Å². The van der Waals surface area contributed by atoms with Crippen molar-refractivity contribution in [1.82, 2.24) is 10.2 Å². The molecule has 0 bridgehead atoms. The summed E-state index contributed by atoms with van der Waals surface area (Å²) in [6.45, 7) is 4.59. The maximum atomic E-state index is 13.7. The Bertz CT molecular complexity index is 933. The molecule has 3 aliphatic rings. The van der Waals surface area contributed by atoms with Gasteiger partial charge in [-0.15, -0.1) is 6.58 Å². The summed E-state index contributed by atoms with van der Waals surface area (Å²) in [7, 11) is 0. The van der Waals surface area contributed by atoms with Crippen molar-refractivity contribution in [3.05, 3.63) is 46.5 Å². The second-order valence-electron chi connectivity index (χ2n) is 7.74. The summed E-state index contributed by atoms with van der Waals surface area (Å²) in [6.07, 6.45) is 5.25. The molecule has 0 aliphatic carbocycles. The molecule has 29 heavy (non-hydrogen) atoms. The van der Waals surface area contributed by atoms with E-state index in [0.29, 0.717) is 18.5 Å². The molecule has 8 nitrogen and oxygen atoms in total. The Morgan fingerprint density at radius 1 is 1.34 bits per heavy atom. The molecule has 3 heterocycles. The van der Waals surface area contributed by atoms with E-state index in [-0.39, 0.29) is 35.7 Å². The van der Waals surface area contributed by atoms with E-state index in [1.807, 2.05) is 0 Å². The largest absolute Gasteiger partial charge is 0.367 e. The van der Waals surface area contributed by atoms with Gasteiger partial charge in [0.1, 0.15) is 0 Å². The summed E-state index contributed by atoms with van der Waals surface area (Å²) in [5.41, 5.74) is 0.108. The number of rotatable bonds is 3. The van der Waals surface area contributed by atoms with Gasteiger partial charge < -0.3 is 10.2 Å². The van der Waals surface area contributed by atoms with Crippen LogP contribution >= 0.6 is 12.2 Å². The summed E-state index contributed by atoms with van der Waals surface area (Å²) >= 11 is 5.23. The van der Waals surface area contributed by atoms with Crippen LogP contribution in [-0.2, 0) is 16.0 Å².